The third-order valence-corrected chi connectivity index (χ3v) is 4.23. The van der Waals surface area contributed by atoms with E-state index in [1.807, 2.05) is 51.1 Å². The van der Waals surface area contributed by atoms with Crippen molar-refractivity contribution in [2.45, 2.75) is 39.0 Å². The predicted molar refractivity (Wildman–Crippen MR) is 95.6 cm³/mol. The van der Waals surface area contributed by atoms with Gasteiger partial charge in [-0.15, -0.1) is 0 Å². The number of hydrogen-bond acceptors (Lipinski definition) is 8. The molecule has 3 aromatic heterocycles. The van der Waals surface area contributed by atoms with Gasteiger partial charge in [-0.25, -0.2) is 0 Å². The molecule has 0 fully saturated rings. The molecule has 8 nitrogen and oxygen atoms in total. The first kappa shape index (κ1) is 17.1. The lowest BCUT2D eigenvalue weighted by molar-refractivity contribution is 0.368. The highest BCUT2D eigenvalue weighted by atomic mass is 16.5. The van der Waals surface area contributed by atoms with Gasteiger partial charge in [0, 0.05) is 29.9 Å². The van der Waals surface area contributed by atoms with Gasteiger partial charge in [0.25, 0.3) is 11.8 Å². The first-order chi connectivity index (χ1) is 13.0. The summed E-state index contributed by atoms with van der Waals surface area (Å²) in [5, 5.41) is 12.1. The molecular weight excluding hydrogens is 346 g/mol. The molecule has 138 valence electrons. The van der Waals surface area contributed by atoms with E-state index in [1.165, 1.54) is 0 Å². The number of aryl methyl sites for hydroxylation is 1. The van der Waals surface area contributed by atoms with Crippen LogP contribution in [0.25, 0.3) is 23.1 Å². The molecule has 0 aliphatic heterocycles. The van der Waals surface area contributed by atoms with Gasteiger partial charge in [0.2, 0.25) is 5.76 Å². The monoisotopic (exact) mass is 365 g/mol. The molecule has 0 aliphatic carbocycles. The van der Waals surface area contributed by atoms with Gasteiger partial charge in [0.05, 0.1) is 5.69 Å². The largest absolute Gasteiger partial charge is 0.351 e. The second-order valence-electron chi connectivity index (χ2n) is 6.90. The number of rotatable bonds is 6. The van der Waals surface area contributed by atoms with E-state index < -0.39 is 5.41 Å². The Morgan fingerprint density at radius 3 is 2.41 bits per heavy atom. The number of hydrogen-bond donors (Lipinski definition) is 0. The van der Waals surface area contributed by atoms with Crippen LogP contribution in [0.3, 0.4) is 0 Å². The standard InChI is InChI=1S/C19H19N5O3/c1-4-15-20-17(27-23-15)14-10-13(22-25-14)11-19(2,3)18-21-16(26-24-18)12-8-6-5-7-9-12/h5-10H,4,11H2,1-3H3. The zero-order chi connectivity index (χ0) is 18.9. The summed E-state index contributed by atoms with van der Waals surface area (Å²) in [5.74, 6) is 2.51. The topological polar surface area (TPSA) is 104 Å². The molecule has 4 rings (SSSR count). The summed E-state index contributed by atoms with van der Waals surface area (Å²) in [6.07, 6.45) is 1.26. The molecule has 4 aromatic rings. The van der Waals surface area contributed by atoms with Gasteiger partial charge in [-0.3, -0.25) is 0 Å². The second-order valence-corrected chi connectivity index (χ2v) is 6.90. The third-order valence-electron chi connectivity index (χ3n) is 4.23. The summed E-state index contributed by atoms with van der Waals surface area (Å²) in [6.45, 7) is 6.02. The smallest absolute Gasteiger partial charge is 0.296 e. The second kappa shape index (κ2) is 6.79. The molecule has 0 amide bonds. The summed E-state index contributed by atoms with van der Waals surface area (Å²) in [4.78, 5) is 8.80. The highest BCUT2D eigenvalue weighted by Gasteiger charge is 2.29. The zero-order valence-corrected chi connectivity index (χ0v) is 15.3. The lowest BCUT2D eigenvalue weighted by atomic mass is 9.87. The molecule has 8 heteroatoms. The van der Waals surface area contributed by atoms with E-state index in [0.29, 0.717) is 42.0 Å². The van der Waals surface area contributed by atoms with Gasteiger partial charge in [-0.1, -0.05) is 54.4 Å². The van der Waals surface area contributed by atoms with Crippen LogP contribution >= 0.6 is 0 Å². The fourth-order valence-electron chi connectivity index (χ4n) is 2.72. The van der Waals surface area contributed by atoms with Crippen LogP contribution in [0.5, 0.6) is 0 Å². The van der Waals surface area contributed by atoms with Gasteiger partial charge in [-0.05, 0) is 12.1 Å². The minimum atomic E-state index is -0.395. The maximum Gasteiger partial charge on any atom is 0.296 e. The first-order valence-corrected chi connectivity index (χ1v) is 8.73. The third kappa shape index (κ3) is 3.51. The van der Waals surface area contributed by atoms with Gasteiger partial charge < -0.3 is 13.6 Å². The molecule has 3 heterocycles. The average Bonchev–Trinajstić information content (AvgIpc) is 3.42. The van der Waals surface area contributed by atoms with Crippen molar-refractivity contribution in [1.82, 2.24) is 25.4 Å². The molecule has 0 spiro atoms. The Hall–Kier alpha value is -3.29. The number of nitrogens with zero attached hydrogens (tertiary/aromatic N) is 5. The highest BCUT2D eigenvalue weighted by Crippen LogP contribution is 2.29. The van der Waals surface area contributed by atoms with Crippen LogP contribution in [0.1, 0.15) is 38.1 Å². The van der Waals surface area contributed by atoms with Crippen molar-refractivity contribution in [2.24, 2.45) is 0 Å². The lowest BCUT2D eigenvalue weighted by Crippen LogP contribution is -2.22. The van der Waals surface area contributed by atoms with Crippen LogP contribution < -0.4 is 0 Å². The zero-order valence-electron chi connectivity index (χ0n) is 15.3. The van der Waals surface area contributed by atoms with E-state index in [2.05, 4.69) is 25.4 Å². The highest BCUT2D eigenvalue weighted by molar-refractivity contribution is 5.52. The molecule has 0 saturated heterocycles. The van der Waals surface area contributed by atoms with Gasteiger partial charge in [0.1, 0.15) is 0 Å². The van der Waals surface area contributed by atoms with Crippen molar-refractivity contribution in [1.29, 1.82) is 0 Å². The molecule has 0 bridgehead atoms. The predicted octanol–water partition coefficient (Wildman–Crippen LogP) is 3.86. The Bertz CT molecular complexity index is 1030. The van der Waals surface area contributed by atoms with Gasteiger partial charge in [-0.2, -0.15) is 9.97 Å². The van der Waals surface area contributed by atoms with E-state index in [0.717, 1.165) is 11.3 Å². The Labute approximate surface area is 155 Å². The quantitative estimate of drug-likeness (QED) is 0.507. The van der Waals surface area contributed by atoms with Crippen molar-refractivity contribution in [3.05, 3.63) is 53.7 Å². The van der Waals surface area contributed by atoms with Gasteiger partial charge >= 0.3 is 0 Å². The van der Waals surface area contributed by atoms with Crippen LogP contribution in [0.4, 0.5) is 0 Å². The SMILES string of the molecule is CCc1noc(-c2cc(CC(C)(C)c3noc(-c4ccccc4)n3)no2)n1. The van der Waals surface area contributed by atoms with E-state index >= 15 is 0 Å². The average molecular weight is 365 g/mol. The fraction of sp³-hybridized carbons (Fsp3) is 0.316. The summed E-state index contributed by atoms with van der Waals surface area (Å²) >= 11 is 0. The van der Waals surface area contributed by atoms with Crippen LogP contribution in [-0.4, -0.2) is 25.4 Å². The van der Waals surface area contributed by atoms with Crippen molar-refractivity contribution in [2.75, 3.05) is 0 Å². The van der Waals surface area contributed by atoms with Gasteiger partial charge in [0.15, 0.2) is 11.6 Å². The fourth-order valence-corrected chi connectivity index (χ4v) is 2.72. The van der Waals surface area contributed by atoms with Crippen molar-refractivity contribution < 1.29 is 13.6 Å². The maximum atomic E-state index is 5.43. The lowest BCUT2D eigenvalue weighted by Gasteiger charge is -2.18. The maximum absolute atomic E-state index is 5.43. The summed E-state index contributed by atoms with van der Waals surface area (Å²) in [5.41, 5.74) is 1.24. The minimum absolute atomic E-state index is 0.328. The normalized spacial score (nSPS) is 11.8. The van der Waals surface area contributed by atoms with Crippen molar-refractivity contribution >= 4 is 0 Å². The number of benzene rings is 1. The van der Waals surface area contributed by atoms with E-state index in [1.54, 1.807) is 6.07 Å². The molecule has 0 aliphatic rings. The summed E-state index contributed by atoms with van der Waals surface area (Å²) in [6, 6.07) is 11.5. The van der Waals surface area contributed by atoms with Crippen molar-refractivity contribution in [3.63, 3.8) is 0 Å². The Morgan fingerprint density at radius 1 is 0.889 bits per heavy atom. The summed E-state index contributed by atoms with van der Waals surface area (Å²) in [7, 11) is 0. The van der Waals surface area contributed by atoms with Crippen LogP contribution in [0.2, 0.25) is 0 Å². The molecular formula is C19H19N5O3. The molecule has 0 atom stereocenters. The molecule has 0 N–H and O–H groups in total. The first-order valence-electron chi connectivity index (χ1n) is 8.73. The van der Waals surface area contributed by atoms with Crippen molar-refractivity contribution in [3.8, 4) is 23.1 Å². The van der Waals surface area contributed by atoms with Crippen LogP contribution in [0.15, 0.2) is 50.0 Å². The molecule has 1 aromatic carbocycles. The Kier molecular flexibility index (Phi) is 4.31. The molecule has 0 unspecified atom stereocenters. The van der Waals surface area contributed by atoms with E-state index in [-0.39, 0.29) is 0 Å². The Morgan fingerprint density at radius 2 is 1.67 bits per heavy atom. The van der Waals surface area contributed by atoms with Crippen LogP contribution in [-0.2, 0) is 18.3 Å². The molecule has 0 saturated carbocycles. The molecule has 0 radical (unpaired) electrons. The minimum Gasteiger partial charge on any atom is -0.351 e. The summed E-state index contributed by atoms with van der Waals surface area (Å²) < 4.78 is 16.0. The molecule has 27 heavy (non-hydrogen) atoms. The van der Waals surface area contributed by atoms with E-state index in [9.17, 15) is 0 Å². The van der Waals surface area contributed by atoms with Crippen LogP contribution in [0, 0.1) is 0 Å². The number of aromatic nitrogens is 5. The van der Waals surface area contributed by atoms with E-state index in [4.69, 9.17) is 13.6 Å². The Balaban J connectivity index is 1.53.